The molecule has 1 fully saturated rings. The Kier molecular flexibility index (Phi) is 3.58. The number of amides is 1. The van der Waals surface area contributed by atoms with Crippen LogP contribution in [0.5, 0.6) is 0 Å². The first-order chi connectivity index (χ1) is 6.79. The van der Waals surface area contributed by atoms with Crippen LogP contribution < -0.4 is 0 Å². The summed E-state index contributed by atoms with van der Waals surface area (Å²) in [5, 5.41) is 0. The highest BCUT2D eigenvalue weighted by atomic mass is 19.1. The van der Waals surface area contributed by atoms with Crippen molar-refractivity contribution in [3.8, 4) is 0 Å². The molecule has 0 N–H and O–H groups in total. The molecule has 0 aromatic heterocycles. The van der Waals surface area contributed by atoms with E-state index in [4.69, 9.17) is 4.74 Å². The van der Waals surface area contributed by atoms with Gasteiger partial charge < -0.3 is 9.64 Å². The van der Waals surface area contributed by atoms with E-state index in [-0.39, 0.29) is 12.5 Å². The lowest BCUT2D eigenvalue weighted by Gasteiger charge is -2.34. The maximum atomic E-state index is 13.4. The Morgan fingerprint density at radius 1 is 1.47 bits per heavy atom. The van der Waals surface area contributed by atoms with E-state index in [1.807, 2.05) is 27.7 Å². The predicted octanol–water partition coefficient (Wildman–Crippen LogP) is 2.60. The molecule has 15 heavy (non-hydrogen) atoms. The van der Waals surface area contributed by atoms with Gasteiger partial charge in [0, 0.05) is 6.54 Å². The molecule has 1 saturated heterocycles. The Morgan fingerprint density at radius 3 is 2.53 bits per heavy atom. The normalized spacial score (nSPS) is 27.7. The summed E-state index contributed by atoms with van der Waals surface area (Å²) in [5.41, 5.74) is -0.508. The van der Waals surface area contributed by atoms with Crippen molar-refractivity contribution in [1.29, 1.82) is 0 Å². The number of hydrogen-bond acceptors (Lipinski definition) is 2. The van der Waals surface area contributed by atoms with E-state index in [0.717, 1.165) is 0 Å². The molecule has 1 aliphatic rings. The van der Waals surface area contributed by atoms with Crippen LogP contribution in [0.15, 0.2) is 0 Å². The highest BCUT2D eigenvalue weighted by Gasteiger charge is 2.31. The highest BCUT2D eigenvalue weighted by molar-refractivity contribution is 5.68. The molecule has 3 nitrogen and oxygen atoms in total. The maximum Gasteiger partial charge on any atom is 0.410 e. The first kappa shape index (κ1) is 12.3. The molecule has 0 spiro atoms. The lowest BCUT2D eigenvalue weighted by Crippen LogP contribution is -2.46. The van der Waals surface area contributed by atoms with Crippen LogP contribution >= 0.6 is 0 Å². The third-order valence-electron chi connectivity index (χ3n) is 2.52. The van der Waals surface area contributed by atoms with E-state index < -0.39 is 17.9 Å². The van der Waals surface area contributed by atoms with Crippen molar-refractivity contribution in [1.82, 2.24) is 4.90 Å². The molecule has 1 amide bonds. The predicted molar refractivity (Wildman–Crippen MR) is 56.5 cm³/mol. The molecule has 0 aromatic carbocycles. The number of nitrogens with zero attached hydrogens (tertiary/aromatic N) is 1. The van der Waals surface area contributed by atoms with Crippen LogP contribution in [0.2, 0.25) is 0 Å². The summed E-state index contributed by atoms with van der Waals surface area (Å²) in [6.45, 7) is 8.06. The van der Waals surface area contributed by atoms with Crippen LogP contribution in [0.25, 0.3) is 0 Å². The lowest BCUT2D eigenvalue weighted by molar-refractivity contribution is 0.00709. The Bertz CT molecular complexity index is 237. The van der Waals surface area contributed by atoms with Gasteiger partial charge in [-0.3, -0.25) is 0 Å². The largest absolute Gasteiger partial charge is 0.444 e. The standard InChI is InChI=1S/C11H20FNO2/c1-8-5-6-13(7-9(8)12)10(14)15-11(2,3)4/h8-9H,5-7H2,1-4H3/t8-,9+/m0/s1. The van der Waals surface area contributed by atoms with Crippen molar-refractivity contribution in [2.45, 2.75) is 45.9 Å². The minimum Gasteiger partial charge on any atom is -0.444 e. The number of hydrogen-bond donors (Lipinski definition) is 0. The molecule has 0 aromatic rings. The Balaban J connectivity index is 2.48. The van der Waals surface area contributed by atoms with Crippen molar-refractivity contribution in [2.24, 2.45) is 5.92 Å². The van der Waals surface area contributed by atoms with Crippen molar-refractivity contribution >= 4 is 6.09 Å². The fraction of sp³-hybridized carbons (Fsp3) is 0.909. The number of carbonyl (C=O) groups is 1. The van der Waals surface area contributed by atoms with Gasteiger partial charge in [-0.2, -0.15) is 0 Å². The van der Waals surface area contributed by atoms with E-state index in [1.54, 1.807) is 0 Å². The van der Waals surface area contributed by atoms with Crippen LogP contribution in [-0.2, 0) is 4.74 Å². The van der Waals surface area contributed by atoms with Gasteiger partial charge in [0.05, 0.1) is 6.54 Å². The number of ether oxygens (including phenoxy) is 1. The minimum atomic E-state index is -0.925. The number of rotatable bonds is 0. The molecule has 0 saturated carbocycles. The smallest absolute Gasteiger partial charge is 0.410 e. The average molecular weight is 217 g/mol. The van der Waals surface area contributed by atoms with Crippen LogP contribution in [-0.4, -0.2) is 35.9 Å². The van der Waals surface area contributed by atoms with Crippen molar-refractivity contribution < 1.29 is 13.9 Å². The third kappa shape index (κ3) is 3.68. The molecule has 2 atom stereocenters. The first-order valence-electron chi connectivity index (χ1n) is 5.41. The van der Waals surface area contributed by atoms with E-state index in [9.17, 15) is 9.18 Å². The average Bonchev–Trinajstić information content (AvgIpc) is 2.06. The van der Waals surface area contributed by atoms with Gasteiger partial charge in [-0.05, 0) is 33.1 Å². The maximum absolute atomic E-state index is 13.4. The quantitative estimate of drug-likeness (QED) is 0.624. The van der Waals surface area contributed by atoms with E-state index in [2.05, 4.69) is 0 Å². The van der Waals surface area contributed by atoms with Crippen LogP contribution in [0, 0.1) is 5.92 Å². The van der Waals surface area contributed by atoms with Gasteiger partial charge in [-0.25, -0.2) is 9.18 Å². The summed E-state index contributed by atoms with van der Waals surface area (Å²) in [4.78, 5) is 13.1. The lowest BCUT2D eigenvalue weighted by atomic mass is 9.98. The fourth-order valence-corrected chi connectivity index (χ4v) is 1.51. The van der Waals surface area contributed by atoms with Gasteiger partial charge in [0.15, 0.2) is 0 Å². The number of likely N-dealkylation sites (tertiary alicyclic amines) is 1. The minimum absolute atomic E-state index is 0.0451. The summed E-state index contributed by atoms with van der Waals surface area (Å²) in [7, 11) is 0. The van der Waals surface area contributed by atoms with Gasteiger partial charge in [0.2, 0.25) is 0 Å². The zero-order chi connectivity index (χ0) is 11.6. The van der Waals surface area contributed by atoms with Gasteiger partial charge in [0.25, 0.3) is 0 Å². The summed E-state index contributed by atoms with van der Waals surface area (Å²) in [5.74, 6) is 0.0451. The third-order valence-corrected chi connectivity index (χ3v) is 2.52. The fourth-order valence-electron chi connectivity index (χ4n) is 1.51. The zero-order valence-corrected chi connectivity index (χ0v) is 9.92. The van der Waals surface area contributed by atoms with Gasteiger partial charge >= 0.3 is 6.09 Å². The molecule has 0 unspecified atom stereocenters. The summed E-state index contributed by atoms with van der Waals surface area (Å²) in [6.07, 6.45) is -0.622. The molecule has 0 aliphatic carbocycles. The van der Waals surface area contributed by atoms with Crippen molar-refractivity contribution in [2.75, 3.05) is 13.1 Å². The Morgan fingerprint density at radius 2 is 2.07 bits per heavy atom. The molecule has 88 valence electrons. The summed E-state index contributed by atoms with van der Waals surface area (Å²) in [6, 6.07) is 0. The van der Waals surface area contributed by atoms with Gasteiger partial charge in [-0.1, -0.05) is 6.92 Å². The SMILES string of the molecule is C[C@H]1CCN(C(=O)OC(C)(C)C)C[C@H]1F. The zero-order valence-electron chi connectivity index (χ0n) is 9.92. The molecule has 1 heterocycles. The molecular weight excluding hydrogens is 197 g/mol. The summed E-state index contributed by atoms with van der Waals surface area (Å²) >= 11 is 0. The van der Waals surface area contributed by atoms with Gasteiger partial charge in [0.1, 0.15) is 11.8 Å². The number of halogens is 1. The number of alkyl halides is 1. The Labute approximate surface area is 90.6 Å². The monoisotopic (exact) mass is 217 g/mol. The topological polar surface area (TPSA) is 29.5 Å². The molecule has 0 radical (unpaired) electrons. The second-order valence-corrected chi connectivity index (χ2v) is 5.21. The van der Waals surface area contributed by atoms with E-state index in [1.165, 1.54) is 4.90 Å². The molecular formula is C11H20FNO2. The van der Waals surface area contributed by atoms with Gasteiger partial charge in [-0.15, -0.1) is 0 Å². The number of piperidine rings is 1. The summed E-state index contributed by atoms with van der Waals surface area (Å²) < 4.78 is 18.6. The van der Waals surface area contributed by atoms with Crippen LogP contribution in [0.4, 0.5) is 9.18 Å². The van der Waals surface area contributed by atoms with Crippen LogP contribution in [0.3, 0.4) is 0 Å². The van der Waals surface area contributed by atoms with E-state index >= 15 is 0 Å². The first-order valence-corrected chi connectivity index (χ1v) is 5.41. The van der Waals surface area contributed by atoms with Crippen LogP contribution in [0.1, 0.15) is 34.1 Å². The van der Waals surface area contributed by atoms with E-state index in [0.29, 0.717) is 13.0 Å². The number of carbonyl (C=O) groups excluding carboxylic acids is 1. The highest BCUT2D eigenvalue weighted by Crippen LogP contribution is 2.21. The second kappa shape index (κ2) is 4.37. The second-order valence-electron chi connectivity index (χ2n) is 5.21. The van der Waals surface area contributed by atoms with Crippen molar-refractivity contribution in [3.63, 3.8) is 0 Å². The Hall–Kier alpha value is -0.800. The molecule has 0 bridgehead atoms. The molecule has 4 heteroatoms. The molecule has 1 aliphatic heterocycles. The van der Waals surface area contributed by atoms with Crippen molar-refractivity contribution in [3.05, 3.63) is 0 Å². The molecule has 1 rings (SSSR count).